The molecule has 1 aromatic heterocycles. The molecule has 0 fully saturated rings. The van der Waals surface area contributed by atoms with Crippen molar-refractivity contribution in [2.24, 2.45) is 5.84 Å². The van der Waals surface area contributed by atoms with Crippen molar-refractivity contribution in [1.29, 1.82) is 0 Å². The van der Waals surface area contributed by atoms with Gasteiger partial charge in [-0.2, -0.15) is 0 Å². The number of rotatable bonds is 4. The molecule has 0 aliphatic carbocycles. The minimum atomic E-state index is 0.0900. The first kappa shape index (κ1) is 12.3. The Morgan fingerprint density at radius 3 is 2.41 bits per heavy atom. The third-order valence-corrected chi connectivity index (χ3v) is 3.96. The van der Waals surface area contributed by atoms with Crippen molar-refractivity contribution in [2.75, 3.05) is 0 Å². The van der Waals surface area contributed by atoms with Crippen molar-refractivity contribution in [2.45, 2.75) is 26.3 Å². The number of nitrogens with one attached hydrogen (secondary N) is 1. The Morgan fingerprint density at radius 1 is 1.24 bits per heavy atom. The van der Waals surface area contributed by atoms with E-state index < -0.39 is 0 Å². The second kappa shape index (κ2) is 5.45. The van der Waals surface area contributed by atoms with Gasteiger partial charge in [0.2, 0.25) is 0 Å². The first-order chi connectivity index (χ1) is 8.26. The summed E-state index contributed by atoms with van der Waals surface area (Å²) in [5.41, 5.74) is 6.74. The highest BCUT2D eigenvalue weighted by Crippen LogP contribution is 2.27. The summed E-state index contributed by atoms with van der Waals surface area (Å²) in [5.74, 6) is 5.69. The summed E-state index contributed by atoms with van der Waals surface area (Å²) < 4.78 is 0. The van der Waals surface area contributed by atoms with Crippen LogP contribution in [0.25, 0.3) is 0 Å². The van der Waals surface area contributed by atoms with Gasteiger partial charge in [0.1, 0.15) is 0 Å². The minimum absolute atomic E-state index is 0.0900. The molecule has 90 valence electrons. The number of hydrogen-bond acceptors (Lipinski definition) is 3. The second-order valence-electron chi connectivity index (χ2n) is 4.13. The van der Waals surface area contributed by atoms with Crippen LogP contribution in [0.2, 0.25) is 0 Å². The van der Waals surface area contributed by atoms with Gasteiger partial charge in [-0.1, -0.05) is 31.2 Å². The van der Waals surface area contributed by atoms with Crippen LogP contribution in [0.1, 0.15) is 34.5 Å². The molecule has 0 saturated heterocycles. The molecule has 0 radical (unpaired) electrons. The van der Waals surface area contributed by atoms with Crippen molar-refractivity contribution in [1.82, 2.24) is 5.43 Å². The molecule has 1 unspecified atom stereocenters. The maximum atomic E-state index is 5.69. The average molecular weight is 246 g/mol. The molecule has 0 aliphatic heterocycles. The van der Waals surface area contributed by atoms with Crippen molar-refractivity contribution in [3.05, 3.63) is 57.3 Å². The maximum absolute atomic E-state index is 5.69. The molecule has 2 aromatic rings. The number of benzene rings is 1. The molecular formula is C14H18N2S. The first-order valence-corrected chi connectivity index (χ1v) is 6.73. The van der Waals surface area contributed by atoms with E-state index in [2.05, 4.69) is 55.0 Å². The molecule has 1 atom stereocenters. The molecule has 17 heavy (non-hydrogen) atoms. The van der Waals surface area contributed by atoms with Gasteiger partial charge in [0, 0.05) is 4.88 Å². The van der Waals surface area contributed by atoms with Crippen LogP contribution in [0, 0.1) is 6.92 Å². The molecule has 3 heteroatoms. The van der Waals surface area contributed by atoms with Gasteiger partial charge in [-0.05, 0) is 41.5 Å². The third-order valence-electron chi connectivity index (χ3n) is 3.10. The van der Waals surface area contributed by atoms with Gasteiger partial charge in [0.05, 0.1) is 6.04 Å². The summed E-state index contributed by atoms with van der Waals surface area (Å²) in [7, 11) is 0. The van der Waals surface area contributed by atoms with Gasteiger partial charge in [-0.25, -0.2) is 5.43 Å². The molecule has 0 spiro atoms. The number of nitrogens with two attached hydrogens (primary N) is 1. The summed E-state index contributed by atoms with van der Waals surface area (Å²) in [6, 6.07) is 10.9. The molecule has 3 N–H and O–H groups in total. The lowest BCUT2D eigenvalue weighted by molar-refractivity contribution is 0.636. The van der Waals surface area contributed by atoms with E-state index in [1.165, 1.54) is 21.6 Å². The highest BCUT2D eigenvalue weighted by atomic mass is 32.1. The summed E-state index contributed by atoms with van der Waals surface area (Å²) in [6.07, 6.45) is 1.07. The Kier molecular flexibility index (Phi) is 3.94. The average Bonchev–Trinajstić information content (AvgIpc) is 2.78. The predicted octanol–water partition coefficient (Wildman–Crippen LogP) is 3.17. The van der Waals surface area contributed by atoms with E-state index in [9.17, 15) is 0 Å². The van der Waals surface area contributed by atoms with Crippen molar-refractivity contribution in [3.63, 3.8) is 0 Å². The van der Waals surface area contributed by atoms with Crippen LogP contribution >= 0.6 is 11.3 Å². The van der Waals surface area contributed by atoms with E-state index in [4.69, 9.17) is 5.84 Å². The van der Waals surface area contributed by atoms with Gasteiger partial charge >= 0.3 is 0 Å². The van der Waals surface area contributed by atoms with Crippen LogP contribution in [0.5, 0.6) is 0 Å². The van der Waals surface area contributed by atoms with Gasteiger partial charge in [-0.15, -0.1) is 11.3 Å². The van der Waals surface area contributed by atoms with Gasteiger partial charge in [0.25, 0.3) is 0 Å². The van der Waals surface area contributed by atoms with Crippen LogP contribution in [-0.2, 0) is 6.42 Å². The fourth-order valence-electron chi connectivity index (χ4n) is 2.01. The van der Waals surface area contributed by atoms with E-state index >= 15 is 0 Å². The number of thiophene rings is 1. The fraction of sp³-hybridized carbons (Fsp3) is 0.286. The van der Waals surface area contributed by atoms with E-state index in [0.717, 1.165) is 6.42 Å². The first-order valence-electron chi connectivity index (χ1n) is 5.85. The van der Waals surface area contributed by atoms with Crippen molar-refractivity contribution >= 4 is 11.3 Å². The van der Waals surface area contributed by atoms with Gasteiger partial charge in [-0.3, -0.25) is 5.84 Å². The Hall–Kier alpha value is -1.16. The van der Waals surface area contributed by atoms with Crippen molar-refractivity contribution < 1.29 is 0 Å². The molecule has 2 nitrogen and oxygen atoms in total. The normalized spacial score (nSPS) is 12.6. The van der Waals surface area contributed by atoms with Gasteiger partial charge in [0.15, 0.2) is 0 Å². The van der Waals surface area contributed by atoms with Crippen molar-refractivity contribution in [3.8, 4) is 0 Å². The molecule has 0 amide bonds. The lowest BCUT2D eigenvalue weighted by Crippen LogP contribution is -2.28. The Labute approximate surface area is 106 Å². The Bertz CT molecular complexity index is 473. The highest BCUT2D eigenvalue weighted by Gasteiger charge is 2.14. The Balaban J connectivity index is 2.32. The van der Waals surface area contributed by atoms with Crippen LogP contribution in [0.4, 0.5) is 0 Å². The van der Waals surface area contributed by atoms with E-state index in [0.29, 0.717) is 0 Å². The lowest BCUT2D eigenvalue weighted by Gasteiger charge is -2.16. The molecule has 0 saturated carbocycles. The van der Waals surface area contributed by atoms with Crippen LogP contribution in [0.15, 0.2) is 35.7 Å². The molecule has 2 rings (SSSR count). The summed E-state index contributed by atoms with van der Waals surface area (Å²) >= 11 is 1.75. The zero-order valence-corrected chi connectivity index (χ0v) is 11.1. The fourth-order valence-corrected chi connectivity index (χ4v) is 2.75. The lowest BCUT2D eigenvalue weighted by atomic mass is 9.98. The second-order valence-corrected chi connectivity index (χ2v) is 5.25. The minimum Gasteiger partial charge on any atom is -0.271 e. The Morgan fingerprint density at radius 2 is 1.94 bits per heavy atom. The number of aryl methyl sites for hydroxylation is 2. The van der Waals surface area contributed by atoms with Crippen LogP contribution in [0.3, 0.4) is 0 Å². The quantitative estimate of drug-likeness (QED) is 0.642. The standard InChI is InChI=1S/C14H18N2S/c1-3-11-4-6-12(7-5-11)14(16-15)13-8-9-17-10(13)2/h4-9,14,16H,3,15H2,1-2H3. The summed E-state index contributed by atoms with van der Waals surface area (Å²) in [6.45, 7) is 4.29. The topological polar surface area (TPSA) is 38.0 Å². The highest BCUT2D eigenvalue weighted by molar-refractivity contribution is 7.10. The largest absolute Gasteiger partial charge is 0.271 e. The van der Waals surface area contributed by atoms with Crippen LogP contribution in [-0.4, -0.2) is 0 Å². The third kappa shape index (κ3) is 2.57. The van der Waals surface area contributed by atoms with E-state index in [-0.39, 0.29) is 6.04 Å². The maximum Gasteiger partial charge on any atom is 0.0720 e. The number of hydrazine groups is 1. The van der Waals surface area contributed by atoms with E-state index in [1.54, 1.807) is 11.3 Å². The monoisotopic (exact) mass is 246 g/mol. The summed E-state index contributed by atoms with van der Waals surface area (Å²) in [4.78, 5) is 1.31. The smallest absolute Gasteiger partial charge is 0.0720 e. The van der Waals surface area contributed by atoms with E-state index in [1.807, 2.05) is 0 Å². The SMILES string of the molecule is CCc1ccc(C(NN)c2ccsc2C)cc1. The van der Waals surface area contributed by atoms with Gasteiger partial charge < -0.3 is 0 Å². The molecule has 1 heterocycles. The number of hydrogen-bond donors (Lipinski definition) is 2. The predicted molar refractivity (Wildman–Crippen MR) is 74.0 cm³/mol. The zero-order valence-electron chi connectivity index (χ0n) is 10.2. The molecular weight excluding hydrogens is 228 g/mol. The molecule has 0 aliphatic rings. The zero-order chi connectivity index (χ0) is 12.3. The summed E-state index contributed by atoms with van der Waals surface area (Å²) in [5, 5.41) is 2.11. The molecule has 0 bridgehead atoms. The van der Waals surface area contributed by atoms with Crippen LogP contribution < -0.4 is 11.3 Å². The molecule has 1 aromatic carbocycles.